The van der Waals surface area contributed by atoms with Crippen molar-refractivity contribution in [2.75, 3.05) is 5.73 Å². The summed E-state index contributed by atoms with van der Waals surface area (Å²) in [6.07, 6.45) is 1.26. The lowest BCUT2D eigenvalue weighted by molar-refractivity contribution is 0.0692. The molecule has 7 heteroatoms. The fraction of sp³-hybridized carbons (Fsp3) is 0.417. The number of carboxylic acids is 1. The van der Waals surface area contributed by atoms with Crippen LogP contribution in [0.5, 0.6) is 0 Å². The summed E-state index contributed by atoms with van der Waals surface area (Å²) in [6.45, 7) is 3.72. The Kier molecular flexibility index (Phi) is 4.90. The molecule has 0 bridgehead atoms. The highest BCUT2D eigenvalue weighted by Crippen LogP contribution is 2.19. The van der Waals surface area contributed by atoms with Crippen molar-refractivity contribution in [1.29, 1.82) is 0 Å². The Balaban J connectivity index is 3.25. The lowest BCUT2D eigenvalue weighted by Gasteiger charge is -2.16. The van der Waals surface area contributed by atoms with Crippen molar-refractivity contribution in [1.82, 2.24) is 4.72 Å². The molecule has 0 atom stereocenters. The van der Waals surface area contributed by atoms with Gasteiger partial charge in [-0.15, -0.1) is 0 Å². The van der Waals surface area contributed by atoms with Gasteiger partial charge in [0.25, 0.3) is 0 Å². The van der Waals surface area contributed by atoms with Crippen molar-refractivity contribution in [2.45, 2.75) is 37.6 Å². The molecule has 0 spiro atoms. The first-order valence-electron chi connectivity index (χ1n) is 5.97. The summed E-state index contributed by atoms with van der Waals surface area (Å²) in [5.41, 5.74) is 5.37. The van der Waals surface area contributed by atoms with E-state index in [1.165, 1.54) is 12.1 Å². The number of carboxylic acid groups (broad SMARTS) is 1. The van der Waals surface area contributed by atoms with E-state index in [0.717, 1.165) is 6.07 Å². The zero-order valence-corrected chi connectivity index (χ0v) is 11.7. The number of aromatic carboxylic acids is 1. The molecule has 4 N–H and O–H groups in total. The van der Waals surface area contributed by atoms with E-state index in [4.69, 9.17) is 10.8 Å². The van der Waals surface area contributed by atoms with Gasteiger partial charge in [0, 0.05) is 11.7 Å². The Labute approximate surface area is 112 Å². The van der Waals surface area contributed by atoms with Gasteiger partial charge >= 0.3 is 5.97 Å². The van der Waals surface area contributed by atoms with Crippen molar-refractivity contribution in [3.05, 3.63) is 23.8 Å². The maximum absolute atomic E-state index is 12.2. The number of carbonyl (C=O) groups is 1. The third-order valence-electron chi connectivity index (χ3n) is 2.83. The van der Waals surface area contributed by atoms with Crippen molar-refractivity contribution < 1.29 is 18.3 Å². The van der Waals surface area contributed by atoms with Gasteiger partial charge in [-0.05, 0) is 31.0 Å². The predicted octanol–water partition coefficient (Wildman–Crippen LogP) is 1.43. The number of sulfonamides is 1. The second-order valence-electron chi connectivity index (χ2n) is 4.20. The minimum atomic E-state index is -3.86. The highest BCUT2D eigenvalue weighted by molar-refractivity contribution is 7.89. The molecule has 0 saturated heterocycles. The summed E-state index contributed by atoms with van der Waals surface area (Å²) in [7, 11) is -3.86. The number of hydrogen-bond donors (Lipinski definition) is 3. The van der Waals surface area contributed by atoms with Crippen LogP contribution in [-0.2, 0) is 10.0 Å². The fourth-order valence-corrected chi connectivity index (χ4v) is 3.27. The first-order chi connectivity index (χ1) is 8.81. The average molecular weight is 286 g/mol. The molecule has 0 unspecified atom stereocenters. The molecular formula is C12H18N2O4S. The summed E-state index contributed by atoms with van der Waals surface area (Å²) in [4.78, 5) is 10.8. The van der Waals surface area contributed by atoms with E-state index in [-0.39, 0.29) is 22.2 Å². The number of rotatable bonds is 6. The Morgan fingerprint density at radius 1 is 1.37 bits per heavy atom. The molecule has 0 aliphatic heterocycles. The zero-order chi connectivity index (χ0) is 14.6. The van der Waals surface area contributed by atoms with E-state index in [1.807, 2.05) is 13.8 Å². The molecule has 0 aliphatic rings. The molecule has 0 amide bonds. The van der Waals surface area contributed by atoms with Gasteiger partial charge in [0.05, 0.1) is 10.5 Å². The molecular weight excluding hydrogens is 268 g/mol. The SMILES string of the molecule is CCC(CC)NS(=O)(=O)c1ccc(N)cc1C(=O)O. The van der Waals surface area contributed by atoms with Crippen molar-refractivity contribution in [3.8, 4) is 0 Å². The molecule has 1 rings (SSSR count). The minimum Gasteiger partial charge on any atom is -0.478 e. The van der Waals surface area contributed by atoms with E-state index in [9.17, 15) is 13.2 Å². The lowest BCUT2D eigenvalue weighted by atomic mass is 10.2. The third-order valence-corrected chi connectivity index (χ3v) is 4.41. The summed E-state index contributed by atoms with van der Waals surface area (Å²) in [6, 6.07) is 3.51. The summed E-state index contributed by atoms with van der Waals surface area (Å²) >= 11 is 0. The molecule has 19 heavy (non-hydrogen) atoms. The number of hydrogen-bond acceptors (Lipinski definition) is 4. The van der Waals surface area contributed by atoms with E-state index in [0.29, 0.717) is 12.8 Å². The second kappa shape index (κ2) is 6.03. The maximum atomic E-state index is 12.2. The number of nitrogens with two attached hydrogens (primary N) is 1. The Hall–Kier alpha value is -1.60. The second-order valence-corrected chi connectivity index (χ2v) is 5.88. The van der Waals surface area contributed by atoms with Crippen LogP contribution in [0, 0.1) is 0 Å². The monoisotopic (exact) mass is 286 g/mol. The first-order valence-corrected chi connectivity index (χ1v) is 7.45. The standard InChI is InChI=1S/C12H18N2O4S/c1-3-9(4-2)14-19(17,18)11-6-5-8(13)7-10(11)12(15)16/h5-7,9,14H,3-4,13H2,1-2H3,(H,15,16). The molecule has 1 aromatic rings. The molecule has 0 aromatic heterocycles. The van der Waals surface area contributed by atoms with Crippen LogP contribution in [0.15, 0.2) is 23.1 Å². The van der Waals surface area contributed by atoms with Crippen LogP contribution in [-0.4, -0.2) is 25.5 Å². The highest BCUT2D eigenvalue weighted by Gasteiger charge is 2.24. The Morgan fingerprint density at radius 3 is 2.42 bits per heavy atom. The summed E-state index contributed by atoms with van der Waals surface area (Å²) in [5.74, 6) is -1.32. The zero-order valence-electron chi connectivity index (χ0n) is 10.9. The molecule has 0 heterocycles. The van der Waals surface area contributed by atoms with E-state index < -0.39 is 16.0 Å². The van der Waals surface area contributed by atoms with E-state index in [2.05, 4.69) is 4.72 Å². The first kappa shape index (κ1) is 15.5. The number of nitrogen functional groups attached to an aromatic ring is 1. The van der Waals surface area contributed by atoms with Crippen LogP contribution in [0.1, 0.15) is 37.0 Å². The van der Waals surface area contributed by atoms with Crippen LogP contribution >= 0.6 is 0 Å². The van der Waals surface area contributed by atoms with Crippen LogP contribution in [0.2, 0.25) is 0 Å². The minimum absolute atomic E-state index is 0.207. The summed E-state index contributed by atoms with van der Waals surface area (Å²) < 4.78 is 26.9. The largest absolute Gasteiger partial charge is 0.478 e. The Morgan fingerprint density at radius 2 is 1.95 bits per heavy atom. The predicted molar refractivity (Wildman–Crippen MR) is 72.5 cm³/mol. The molecule has 0 radical (unpaired) electrons. The third kappa shape index (κ3) is 3.68. The normalized spacial score (nSPS) is 11.7. The molecule has 0 fully saturated rings. The van der Waals surface area contributed by atoms with Crippen LogP contribution in [0.3, 0.4) is 0 Å². The molecule has 0 saturated carbocycles. The lowest BCUT2D eigenvalue weighted by Crippen LogP contribution is -2.34. The van der Waals surface area contributed by atoms with Crippen LogP contribution in [0.25, 0.3) is 0 Å². The number of benzene rings is 1. The summed E-state index contributed by atoms with van der Waals surface area (Å²) in [5, 5.41) is 9.05. The topological polar surface area (TPSA) is 109 Å². The van der Waals surface area contributed by atoms with E-state index in [1.54, 1.807) is 0 Å². The highest BCUT2D eigenvalue weighted by atomic mass is 32.2. The van der Waals surface area contributed by atoms with Gasteiger partial charge in [0.1, 0.15) is 0 Å². The van der Waals surface area contributed by atoms with Gasteiger partial charge in [-0.25, -0.2) is 17.9 Å². The number of anilines is 1. The van der Waals surface area contributed by atoms with Crippen LogP contribution in [0.4, 0.5) is 5.69 Å². The van der Waals surface area contributed by atoms with E-state index >= 15 is 0 Å². The molecule has 6 nitrogen and oxygen atoms in total. The smallest absolute Gasteiger partial charge is 0.337 e. The molecule has 1 aromatic carbocycles. The van der Waals surface area contributed by atoms with Crippen LogP contribution < -0.4 is 10.5 Å². The maximum Gasteiger partial charge on any atom is 0.337 e. The quantitative estimate of drug-likeness (QED) is 0.685. The number of nitrogens with one attached hydrogen (secondary N) is 1. The van der Waals surface area contributed by atoms with Crippen molar-refractivity contribution >= 4 is 21.7 Å². The van der Waals surface area contributed by atoms with Gasteiger partial charge < -0.3 is 10.8 Å². The molecule has 106 valence electrons. The van der Waals surface area contributed by atoms with Gasteiger partial charge in [-0.1, -0.05) is 13.8 Å². The average Bonchev–Trinajstić information content (AvgIpc) is 2.35. The Bertz CT molecular complexity index is 565. The van der Waals surface area contributed by atoms with Gasteiger partial charge in [0.2, 0.25) is 10.0 Å². The van der Waals surface area contributed by atoms with Gasteiger partial charge in [0.15, 0.2) is 0 Å². The van der Waals surface area contributed by atoms with Gasteiger partial charge in [-0.2, -0.15) is 0 Å². The van der Waals surface area contributed by atoms with Gasteiger partial charge in [-0.3, -0.25) is 0 Å². The fourth-order valence-electron chi connectivity index (χ4n) is 1.69. The van der Waals surface area contributed by atoms with Crippen molar-refractivity contribution in [3.63, 3.8) is 0 Å². The molecule has 0 aliphatic carbocycles. The van der Waals surface area contributed by atoms with Crippen molar-refractivity contribution in [2.24, 2.45) is 0 Å².